The molecule has 6 nitrogen and oxygen atoms in total. The number of thioether (sulfide) groups is 1. The molecule has 2 N–H and O–H groups in total. The highest BCUT2D eigenvalue weighted by atomic mass is 32.2. The normalized spacial score (nSPS) is 14.2. The monoisotopic (exact) mass is 361 g/mol. The smallest absolute Gasteiger partial charge is 0.323 e. The molecule has 0 aromatic heterocycles. The van der Waals surface area contributed by atoms with Crippen molar-refractivity contribution in [2.75, 3.05) is 6.26 Å². The van der Waals surface area contributed by atoms with Crippen molar-refractivity contribution in [1.29, 1.82) is 0 Å². The van der Waals surface area contributed by atoms with E-state index in [0.717, 1.165) is 0 Å². The van der Waals surface area contributed by atoms with Crippen LogP contribution in [0, 0.1) is 5.92 Å². The fourth-order valence-electron chi connectivity index (χ4n) is 2.00. The zero-order valence-corrected chi connectivity index (χ0v) is 16.4. The van der Waals surface area contributed by atoms with E-state index in [4.69, 9.17) is 15.2 Å². The van der Waals surface area contributed by atoms with E-state index in [0.29, 0.717) is 12.8 Å². The lowest BCUT2D eigenvalue weighted by atomic mass is 9.96. The van der Waals surface area contributed by atoms with Gasteiger partial charge in [0.2, 0.25) is 0 Å². The van der Waals surface area contributed by atoms with E-state index < -0.39 is 17.6 Å². The minimum absolute atomic E-state index is 0.0775. The summed E-state index contributed by atoms with van der Waals surface area (Å²) in [7, 11) is 0. The van der Waals surface area contributed by atoms with Crippen molar-refractivity contribution in [1.82, 2.24) is 0 Å². The Morgan fingerprint density at radius 2 is 1.71 bits per heavy atom. The molecule has 0 heterocycles. The summed E-state index contributed by atoms with van der Waals surface area (Å²) in [4.78, 5) is 35.1. The third-order valence-electron chi connectivity index (χ3n) is 3.49. The van der Waals surface area contributed by atoms with Crippen molar-refractivity contribution >= 4 is 28.8 Å². The second-order valence-corrected chi connectivity index (χ2v) is 7.64. The van der Waals surface area contributed by atoms with Crippen LogP contribution in [0.1, 0.15) is 60.3 Å². The van der Waals surface area contributed by atoms with E-state index in [2.05, 4.69) is 0 Å². The molecule has 2 atom stereocenters. The van der Waals surface area contributed by atoms with E-state index in [-0.39, 0.29) is 35.9 Å². The van der Waals surface area contributed by atoms with Gasteiger partial charge in [0.05, 0.1) is 6.10 Å². The fourth-order valence-corrected chi connectivity index (χ4v) is 2.52. The number of hydrogen-bond acceptors (Lipinski definition) is 7. The van der Waals surface area contributed by atoms with Gasteiger partial charge in [0.15, 0.2) is 5.12 Å². The molecule has 0 saturated heterocycles. The molecule has 0 amide bonds. The number of carbonyl (C=O) groups is 3. The third-order valence-corrected chi connectivity index (χ3v) is 4.29. The molecule has 0 aliphatic heterocycles. The third kappa shape index (κ3) is 9.93. The highest BCUT2D eigenvalue weighted by Crippen LogP contribution is 2.23. The first-order valence-corrected chi connectivity index (χ1v) is 9.46. The van der Waals surface area contributed by atoms with Crippen LogP contribution >= 0.6 is 11.8 Å². The Labute approximate surface area is 149 Å². The summed E-state index contributed by atoms with van der Waals surface area (Å²) in [6.07, 6.45) is 3.03. The van der Waals surface area contributed by atoms with Crippen LogP contribution in [0.25, 0.3) is 0 Å². The van der Waals surface area contributed by atoms with Gasteiger partial charge in [0.1, 0.15) is 11.6 Å². The molecule has 0 aliphatic carbocycles. The number of rotatable bonds is 10. The zero-order valence-electron chi connectivity index (χ0n) is 15.6. The predicted octanol–water partition coefficient (Wildman–Crippen LogP) is 2.67. The standard InChI is InChI=1S/C17H31NO5S/c1-11(2)22-14(19)8-7-13(18)15(20)23-17(4,5)10-9-12(3)16(21)24-6/h11-13H,7-10,18H2,1-6H3. The average Bonchev–Trinajstić information content (AvgIpc) is 2.48. The summed E-state index contributed by atoms with van der Waals surface area (Å²) in [6, 6.07) is -0.866. The van der Waals surface area contributed by atoms with E-state index in [1.54, 1.807) is 34.0 Å². The number of carbonyl (C=O) groups excluding carboxylic acids is 3. The highest BCUT2D eigenvalue weighted by molar-refractivity contribution is 8.13. The van der Waals surface area contributed by atoms with Gasteiger partial charge in [0, 0.05) is 12.3 Å². The largest absolute Gasteiger partial charge is 0.463 e. The lowest BCUT2D eigenvalue weighted by Crippen LogP contribution is -2.39. The molecule has 0 saturated carbocycles. The molecular weight excluding hydrogens is 330 g/mol. The maximum absolute atomic E-state index is 12.1. The summed E-state index contributed by atoms with van der Waals surface area (Å²) in [5, 5.41) is 0.123. The van der Waals surface area contributed by atoms with E-state index in [9.17, 15) is 14.4 Å². The molecule has 0 radical (unpaired) electrons. The van der Waals surface area contributed by atoms with Crippen molar-refractivity contribution in [3.05, 3.63) is 0 Å². The van der Waals surface area contributed by atoms with Gasteiger partial charge in [0.25, 0.3) is 0 Å². The van der Waals surface area contributed by atoms with Crippen LogP contribution < -0.4 is 5.73 Å². The molecule has 0 rings (SSSR count). The maximum Gasteiger partial charge on any atom is 0.323 e. The Morgan fingerprint density at radius 3 is 2.21 bits per heavy atom. The Kier molecular flexibility index (Phi) is 10.2. The summed E-state index contributed by atoms with van der Waals surface area (Å²) in [5.74, 6) is -1.00. The maximum atomic E-state index is 12.1. The van der Waals surface area contributed by atoms with Crippen molar-refractivity contribution in [3.63, 3.8) is 0 Å². The van der Waals surface area contributed by atoms with Crippen molar-refractivity contribution in [2.45, 2.75) is 78.0 Å². The minimum Gasteiger partial charge on any atom is -0.463 e. The molecule has 0 fully saturated rings. The van der Waals surface area contributed by atoms with Gasteiger partial charge in [-0.25, -0.2) is 0 Å². The van der Waals surface area contributed by atoms with E-state index in [1.807, 2.05) is 6.92 Å². The van der Waals surface area contributed by atoms with E-state index >= 15 is 0 Å². The summed E-state index contributed by atoms with van der Waals surface area (Å²) in [5.41, 5.74) is 5.08. The van der Waals surface area contributed by atoms with Crippen molar-refractivity contribution in [3.8, 4) is 0 Å². The molecule has 0 aliphatic rings. The second kappa shape index (κ2) is 10.7. The summed E-state index contributed by atoms with van der Waals surface area (Å²) in [6.45, 7) is 8.97. The van der Waals surface area contributed by atoms with Gasteiger partial charge in [-0.3, -0.25) is 14.4 Å². The van der Waals surface area contributed by atoms with Gasteiger partial charge in [-0.1, -0.05) is 18.7 Å². The number of esters is 2. The van der Waals surface area contributed by atoms with Crippen LogP contribution in [0.2, 0.25) is 0 Å². The topological polar surface area (TPSA) is 95.7 Å². The molecule has 0 aromatic carbocycles. The zero-order chi connectivity index (χ0) is 18.9. The Balaban J connectivity index is 4.30. The first-order valence-electron chi connectivity index (χ1n) is 8.24. The molecule has 140 valence electrons. The van der Waals surface area contributed by atoms with Gasteiger partial charge >= 0.3 is 11.9 Å². The molecular formula is C17H31NO5S. The van der Waals surface area contributed by atoms with Gasteiger partial charge in [-0.15, -0.1) is 0 Å². The number of nitrogens with two attached hydrogens (primary N) is 1. The molecule has 0 spiro atoms. The van der Waals surface area contributed by atoms with Crippen LogP contribution in [-0.2, 0) is 23.9 Å². The highest BCUT2D eigenvalue weighted by Gasteiger charge is 2.28. The van der Waals surface area contributed by atoms with Crippen LogP contribution in [0.3, 0.4) is 0 Å². The molecule has 0 bridgehead atoms. The predicted molar refractivity (Wildman–Crippen MR) is 95.5 cm³/mol. The Hall–Kier alpha value is -1.08. The molecule has 2 unspecified atom stereocenters. The van der Waals surface area contributed by atoms with Crippen molar-refractivity contribution in [2.24, 2.45) is 11.7 Å². The quantitative estimate of drug-likeness (QED) is 0.598. The molecule has 7 heteroatoms. The van der Waals surface area contributed by atoms with Crippen LogP contribution in [0.15, 0.2) is 0 Å². The van der Waals surface area contributed by atoms with Gasteiger partial charge in [-0.2, -0.15) is 0 Å². The summed E-state index contributed by atoms with van der Waals surface area (Å²) < 4.78 is 10.4. The Morgan fingerprint density at radius 1 is 1.12 bits per heavy atom. The Bertz CT molecular complexity index is 437. The lowest BCUT2D eigenvalue weighted by molar-refractivity contribution is -0.159. The number of hydrogen-bond donors (Lipinski definition) is 1. The van der Waals surface area contributed by atoms with Crippen LogP contribution in [0.4, 0.5) is 0 Å². The SMILES string of the molecule is CSC(=O)C(C)CCC(C)(C)OC(=O)C(N)CCC(=O)OC(C)C. The van der Waals surface area contributed by atoms with E-state index in [1.165, 1.54) is 11.8 Å². The van der Waals surface area contributed by atoms with Crippen molar-refractivity contribution < 1.29 is 23.9 Å². The number of ether oxygens (including phenoxy) is 2. The van der Waals surface area contributed by atoms with Gasteiger partial charge < -0.3 is 15.2 Å². The van der Waals surface area contributed by atoms with Crippen LogP contribution in [0.5, 0.6) is 0 Å². The second-order valence-electron chi connectivity index (χ2n) is 6.83. The minimum atomic E-state index is -0.866. The van der Waals surface area contributed by atoms with Crippen LogP contribution in [-0.4, -0.2) is 41.1 Å². The fraction of sp³-hybridized carbons (Fsp3) is 0.824. The molecule has 24 heavy (non-hydrogen) atoms. The molecule has 0 aromatic rings. The summed E-state index contributed by atoms with van der Waals surface area (Å²) >= 11 is 1.21. The lowest BCUT2D eigenvalue weighted by Gasteiger charge is -2.27. The van der Waals surface area contributed by atoms with Gasteiger partial charge in [-0.05, 0) is 53.2 Å². The average molecular weight is 362 g/mol. The first-order chi connectivity index (χ1) is 11.0. The first kappa shape index (κ1) is 22.9.